The lowest BCUT2D eigenvalue weighted by Crippen LogP contribution is -2.41. The Morgan fingerprint density at radius 2 is 2.31 bits per heavy atom. The minimum atomic E-state index is 0.00668. The number of hydrogen-bond acceptors (Lipinski definition) is 3. The zero-order chi connectivity index (χ0) is 11.5. The number of halogens is 1. The zero-order valence-corrected chi connectivity index (χ0v) is 11.1. The van der Waals surface area contributed by atoms with Crippen LogP contribution in [0.2, 0.25) is 0 Å². The van der Waals surface area contributed by atoms with Crippen molar-refractivity contribution in [3.63, 3.8) is 0 Å². The van der Waals surface area contributed by atoms with Gasteiger partial charge in [-0.15, -0.1) is 0 Å². The number of methoxy groups -OCH3 is 1. The predicted molar refractivity (Wildman–Crippen MR) is 68.9 cm³/mol. The average molecular weight is 333 g/mol. The number of morpholine rings is 1. The first-order valence-electron chi connectivity index (χ1n) is 4.94. The Morgan fingerprint density at radius 1 is 1.50 bits per heavy atom. The van der Waals surface area contributed by atoms with Crippen LogP contribution >= 0.6 is 22.6 Å². The van der Waals surface area contributed by atoms with Gasteiger partial charge >= 0.3 is 0 Å². The summed E-state index contributed by atoms with van der Waals surface area (Å²) in [6, 6.07) is 5.71. The minimum Gasteiger partial charge on any atom is -0.496 e. The molecule has 1 heterocycles. The molecular weight excluding hydrogens is 321 g/mol. The Balaban J connectivity index is 2.26. The van der Waals surface area contributed by atoms with Crippen molar-refractivity contribution < 1.29 is 14.3 Å². The van der Waals surface area contributed by atoms with Crippen molar-refractivity contribution in [1.29, 1.82) is 0 Å². The summed E-state index contributed by atoms with van der Waals surface area (Å²) in [5.41, 5.74) is 0.901. The molecule has 0 spiro atoms. The van der Waals surface area contributed by atoms with E-state index in [1.54, 1.807) is 12.0 Å². The summed E-state index contributed by atoms with van der Waals surface area (Å²) < 4.78 is 11.3. The van der Waals surface area contributed by atoms with Gasteiger partial charge in [0.1, 0.15) is 12.4 Å². The largest absolute Gasteiger partial charge is 0.496 e. The lowest BCUT2D eigenvalue weighted by Gasteiger charge is -2.27. The number of carbonyl (C=O) groups is 1. The number of rotatable bonds is 2. The number of carbonyl (C=O) groups excluding carboxylic acids is 1. The maximum absolute atomic E-state index is 11.6. The van der Waals surface area contributed by atoms with Gasteiger partial charge in [0.15, 0.2) is 0 Å². The molecule has 0 bridgehead atoms. The Morgan fingerprint density at radius 3 is 2.94 bits per heavy atom. The van der Waals surface area contributed by atoms with Gasteiger partial charge in [0.05, 0.1) is 17.3 Å². The fourth-order valence-corrected chi connectivity index (χ4v) is 2.33. The number of amides is 1. The van der Waals surface area contributed by atoms with Gasteiger partial charge in [-0.05, 0) is 40.8 Å². The van der Waals surface area contributed by atoms with Crippen molar-refractivity contribution in [1.82, 2.24) is 0 Å². The molecule has 5 heteroatoms. The second-order valence-electron chi connectivity index (χ2n) is 3.42. The summed E-state index contributed by atoms with van der Waals surface area (Å²) in [5.74, 6) is 0.831. The lowest BCUT2D eigenvalue weighted by molar-refractivity contribution is -0.125. The van der Waals surface area contributed by atoms with E-state index in [1.165, 1.54) is 0 Å². The van der Waals surface area contributed by atoms with Gasteiger partial charge in [-0.3, -0.25) is 4.79 Å². The van der Waals surface area contributed by atoms with Gasteiger partial charge in [0.25, 0.3) is 5.91 Å². The highest BCUT2D eigenvalue weighted by Crippen LogP contribution is 2.26. The predicted octanol–water partition coefficient (Wildman–Crippen LogP) is 1.66. The van der Waals surface area contributed by atoms with Crippen LogP contribution < -0.4 is 9.64 Å². The van der Waals surface area contributed by atoms with Crippen LogP contribution in [0.15, 0.2) is 18.2 Å². The van der Waals surface area contributed by atoms with Crippen molar-refractivity contribution in [2.24, 2.45) is 0 Å². The van der Waals surface area contributed by atoms with Crippen molar-refractivity contribution in [3.05, 3.63) is 21.8 Å². The molecular formula is C11H12INO3. The van der Waals surface area contributed by atoms with E-state index >= 15 is 0 Å². The van der Waals surface area contributed by atoms with Crippen LogP contribution in [-0.2, 0) is 9.53 Å². The molecule has 4 nitrogen and oxygen atoms in total. The summed E-state index contributed by atoms with van der Waals surface area (Å²) in [5, 5.41) is 0. The van der Waals surface area contributed by atoms with E-state index in [4.69, 9.17) is 9.47 Å². The topological polar surface area (TPSA) is 38.8 Å². The first-order chi connectivity index (χ1) is 7.72. The Bertz CT molecular complexity index is 408. The van der Waals surface area contributed by atoms with Gasteiger partial charge in [0, 0.05) is 12.2 Å². The number of hydrogen-bond donors (Lipinski definition) is 0. The van der Waals surface area contributed by atoms with Crippen molar-refractivity contribution in [2.75, 3.05) is 31.8 Å². The molecule has 0 radical (unpaired) electrons. The van der Waals surface area contributed by atoms with E-state index in [0.717, 1.165) is 15.0 Å². The molecule has 0 aliphatic carbocycles. The van der Waals surface area contributed by atoms with Crippen molar-refractivity contribution >= 4 is 34.2 Å². The molecule has 86 valence electrons. The molecule has 0 atom stereocenters. The maximum atomic E-state index is 11.6. The van der Waals surface area contributed by atoms with E-state index < -0.39 is 0 Å². The summed E-state index contributed by atoms with van der Waals surface area (Å²) in [4.78, 5) is 13.4. The standard InChI is InChI=1S/C11H12INO3/c1-15-10-3-2-8(6-9(10)12)13-4-5-16-7-11(13)14/h2-3,6H,4-5,7H2,1H3. The summed E-state index contributed by atoms with van der Waals surface area (Å²) >= 11 is 2.19. The number of nitrogens with zero attached hydrogens (tertiary/aromatic N) is 1. The Kier molecular flexibility index (Phi) is 3.65. The number of ether oxygens (including phenoxy) is 2. The quantitative estimate of drug-likeness (QED) is 0.773. The third-order valence-electron chi connectivity index (χ3n) is 2.43. The third-order valence-corrected chi connectivity index (χ3v) is 3.28. The normalized spacial score (nSPS) is 16.4. The fourth-order valence-electron chi connectivity index (χ4n) is 1.61. The van der Waals surface area contributed by atoms with Crippen LogP contribution in [0.25, 0.3) is 0 Å². The summed E-state index contributed by atoms with van der Waals surface area (Å²) in [7, 11) is 1.64. The highest BCUT2D eigenvalue weighted by atomic mass is 127. The smallest absolute Gasteiger partial charge is 0.253 e. The SMILES string of the molecule is COc1ccc(N2CCOCC2=O)cc1I. The van der Waals surface area contributed by atoms with Crippen molar-refractivity contribution in [3.8, 4) is 5.75 Å². The van der Waals surface area contributed by atoms with Crippen LogP contribution in [0.5, 0.6) is 5.75 Å². The second-order valence-corrected chi connectivity index (χ2v) is 4.58. The lowest BCUT2D eigenvalue weighted by atomic mass is 10.2. The highest BCUT2D eigenvalue weighted by Gasteiger charge is 2.20. The molecule has 1 aliphatic heterocycles. The van der Waals surface area contributed by atoms with Crippen LogP contribution in [0.3, 0.4) is 0 Å². The van der Waals surface area contributed by atoms with Crippen LogP contribution in [0.4, 0.5) is 5.69 Å². The molecule has 0 aromatic heterocycles. The monoisotopic (exact) mass is 333 g/mol. The second kappa shape index (κ2) is 5.01. The van der Waals surface area contributed by atoms with Gasteiger partial charge in [-0.25, -0.2) is 0 Å². The van der Waals surface area contributed by atoms with Gasteiger partial charge in [0.2, 0.25) is 0 Å². The van der Waals surface area contributed by atoms with Crippen LogP contribution in [-0.4, -0.2) is 32.8 Å². The van der Waals surface area contributed by atoms with E-state index in [-0.39, 0.29) is 12.5 Å². The van der Waals surface area contributed by atoms with Crippen molar-refractivity contribution in [2.45, 2.75) is 0 Å². The van der Waals surface area contributed by atoms with E-state index in [9.17, 15) is 4.79 Å². The van der Waals surface area contributed by atoms with E-state index in [0.29, 0.717) is 13.2 Å². The molecule has 16 heavy (non-hydrogen) atoms. The molecule has 1 fully saturated rings. The number of anilines is 1. The third kappa shape index (κ3) is 2.30. The van der Waals surface area contributed by atoms with E-state index in [2.05, 4.69) is 22.6 Å². The molecule has 0 saturated carbocycles. The van der Waals surface area contributed by atoms with Gasteiger partial charge in [-0.1, -0.05) is 0 Å². The molecule has 0 unspecified atom stereocenters. The van der Waals surface area contributed by atoms with Gasteiger partial charge < -0.3 is 14.4 Å². The zero-order valence-electron chi connectivity index (χ0n) is 8.90. The summed E-state index contributed by atoms with van der Waals surface area (Å²) in [6.45, 7) is 1.37. The molecule has 1 saturated heterocycles. The Labute approximate surface area is 108 Å². The molecule has 1 amide bonds. The highest BCUT2D eigenvalue weighted by molar-refractivity contribution is 14.1. The molecule has 1 aromatic carbocycles. The first kappa shape index (κ1) is 11.7. The maximum Gasteiger partial charge on any atom is 0.253 e. The molecule has 0 N–H and O–H groups in total. The average Bonchev–Trinajstić information content (AvgIpc) is 2.29. The van der Waals surface area contributed by atoms with Crippen LogP contribution in [0, 0.1) is 3.57 Å². The van der Waals surface area contributed by atoms with Gasteiger partial charge in [-0.2, -0.15) is 0 Å². The fraction of sp³-hybridized carbons (Fsp3) is 0.364. The van der Waals surface area contributed by atoms with E-state index in [1.807, 2.05) is 18.2 Å². The molecule has 1 aliphatic rings. The number of benzene rings is 1. The molecule has 1 aromatic rings. The first-order valence-corrected chi connectivity index (χ1v) is 6.02. The summed E-state index contributed by atoms with van der Waals surface area (Å²) in [6.07, 6.45) is 0. The van der Waals surface area contributed by atoms with Crippen LogP contribution in [0.1, 0.15) is 0 Å². The molecule has 2 rings (SSSR count). The Hall–Kier alpha value is -0.820. The minimum absolute atomic E-state index is 0.00668.